The highest BCUT2D eigenvalue weighted by Gasteiger charge is 2.42. The molecule has 2 fully saturated rings. The summed E-state index contributed by atoms with van der Waals surface area (Å²) in [6.07, 6.45) is 7.78. The van der Waals surface area contributed by atoms with Gasteiger partial charge in [-0.3, -0.25) is 9.59 Å². The van der Waals surface area contributed by atoms with Gasteiger partial charge >= 0.3 is 0 Å². The summed E-state index contributed by atoms with van der Waals surface area (Å²) < 4.78 is 0. The zero-order valence-corrected chi connectivity index (χ0v) is 19.7. The van der Waals surface area contributed by atoms with Gasteiger partial charge in [0.25, 0.3) is 0 Å². The van der Waals surface area contributed by atoms with E-state index in [0.717, 1.165) is 60.8 Å². The van der Waals surface area contributed by atoms with Crippen molar-refractivity contribution in [2.45, 2.75) is 94.7 Å². The largest absolute Gasteiger partial charge is 0.382 e. The Labute approximate surface area is 196 Å². The van der Waals surface area contributed by atoms with E-state index in [-0.39, 0.29) is 17.0 Å². The standard InChI is InChI=1S/C29H34O4/c1-27(2)23-17-19(25(30)28(32)13-5-3-6-14-28)9-11-21(23)22-12-10-20(18-24(22)27)26(31)29(33)15-7-4-8-16-29/h9-12,17-18,32-33H,3-8,13-16H2,1-2H3. The van der Waals surface area contributed by atoms with E-state index in [1.165, 1.54) is 0 Å². The van der Waals surface area contributed by atoms with Crippen LogP contribution in [0.5, 0.6) is 0 Å². The van der Waals surface area contributed by atoms with Gasteiger partial charge in [-0.05, 0) is 60.1 Å². The van der Waals surface area contributed by atoms with Crippen LogP contribution >= 0.6 is 0 Å². The lowest BCUT2D eigenvalue weighted by Crippen LogP contribution is -2.40. The molecule has 174 valence electrons. The molecule has 2 aromatic rings. The van der Waals surface area contributed by atoms with Gasteiger partial charge in [0.1, 0.15) is 11.2 Å². The van der Waals surface area contributed by atoms with E-state index in [2.05, 4.69) is 13.8 Å². The molecule has 0 heterocycles. The molecule has 0 unspecified atom stereocenters. The maximum absolute atomic E-state index is 13.2. The molecule has 0 amide bonds. The quantitative estimate of drug-likeness (QED) is 0.587. The van der Waals surface area contributed by atoms with Crippen LogP contribution < -0.4 is 0 Å². The number of aliphatic hydroxyl groups is 2. The van der Waals surface area contributed by atoms with Crippen molar-refractivity contribution in [3.05, 3.63) is 58.7 Å². The van der Waals surface area contributed by atoms with Gasteiger partial charge < -0.3 is 10.2 Å². The normalized spacial score (nSPS) is 22.3. The molecule has 3 aliphatic rings. The molecule has 4 heteroatoms. The molecule has 0 saturated heterocycles. The molecule has 33 heavy (non-hydrogen) atoms. The number of Topliss-reactive ketones (excluding diaryl/α,β-unsaturated/α-hetero) is 2. The molecule has 0 aromatic heterocycles. The first kappa shape index (κ1) is 22.5. The van der Waals surface area contributed by atoms with E-state index in [0.29, 0.717) is 36.8 Å². The van der Waals surface area contributed by atoms with Gasteiger partial charge in [-0.1, -0.05) is 76.6 Å². The van der Waals surface area contributed by atoms with Crippen molar-refractivity contribution < 1.29 is 19.8 Å². The zero-order chi connectivity index (χ0) is 23.4. The van der Waals surface area contributed by atoms with Crippen LogP contribution in [0.4, 0.5) is 0 Å². The summed E-state index contributed by atoms with van der Waals surface area (Å²) in [6, 6.07) is 11.5. The molecule has 0 atom stereocenters. The highest BCUT2D eigenvalue weighted by atomic mass is 16.3. The molecule has 0 aliphatic heterocycles. The van der Waals surface area contributed by atoms with E-state index >= 15 is 0 Å². The van der Waals surface area contributed by atoms with Gasteiger partial charge in [-0.25, -0.2) is 0 Å². The lowest BCUT2D eigenvalue weighted by molar-refractivity contribution is 0.0116. The first-order valence-corrected chi connectivity index (χ1v) is 12.5. The van der Waals surface area contributed by atoms with Crippen molar-refractivity contribution >= 4 is 11.6 Å². The Morgan fingerprint density at radius 3 is 1.36 bits per heavy atom. The first-order valence-electron chi connectivity index (χ1n) is 12.5. The van der Waals surface area contributed by atoms with Crippen LogP contribution in [-0.4, -0.2) is 33.0 Å². The molecule has 5 rings (SSSR count). The molecular formula is C29H34O4. The molecule has 2 N–H and O–H groups in total. The second-order valence-electron chi connectivity index (χ2n) is 11.0. The number of ketones is 2. The molecule has 2 aromatic carbocycles. The molecule has 4 nitrogen and oxygen atoms in total. The van der Waals surface area contributed by atoms with Crippen LogP contribution in [0.1, 0.15) is 110 Å². The highest BCUT2D eigenvalue weighted by Crippen LogP contribution is 2.50. The van der Waals surface area contributed by atoms with Crippen LogP contribution in [0, 0.1) is 0 Å². The minimum absolute atomic E-state index is 0.174. The molecule has 0 radical (unpaired) electrons. The van der Waals surface area contributed by atoms with Gasteiger partial charge in [-0.2, -0.15) is 0 Å². The van der Waals surface area contributed by atoms with Crippen molar-refractivity contribution in [1.29, 1.82) is 0 Å². The molecule has 2 saturated carbocycles. The molecule has 0 spiro atoms. The lowest BCUT2D eigenvalue weighted by Gasteiger charge is -2.31. The number of carbonyl (C=O) groups is 2. The topological polar surface area (TPSA) is 74.6 Å². The minimum Gasteiger partial charge on any atom is -0.382 e. The Morgan fingerprint density at radius 1 is 0.636 bits per heavy atom. The minimum atomic E-state index is -1.25. The Bertz CT molecular complexity index is 1030. The van der Waals surface area contributed by atoms with E-state index in [9.17, 15) is 19.8 Å². The summed E-state index contributed by atoms with van der Waals surface area (Å²) in [6.45, 7) is 4.23. The van der Waals surface area contributed by atoms with Gasteiger partial charge in [0, 0.05) is 16.5 Å². The summed E-state index contributed by atoms with van der Waals surface area (Å²) in [5.41, 5.74) is 2.46. The van der Waals surface area contributed by atoms with Crippen molar-refractivity contribution in [2.24, 2.45) is 0 Å². The fourth-order valence-corrected chi connectivity index (χ4v) is 6.28. The van der Waals surface area contributed by atoms with E-state index in [4.69, 9.17) is 0 Å². The van der Waals surface area contributed by atoms with Crippen molar-refractivity contribution in [3.8, 4) is 11.1 Å². The van der Waals surface area contributed by atoms with Gasteiger partial charge in [0.2, 0.25) is 0 Å². The predicted octanol–water partition coefficient (Wildman–Crippen LogP) is 5.75. The SMILES string of the molecule is CC1(C)c2cc(C(=O)C3(O)CCCCC3)ccc2-c2ccc(C(=O)C3(O)CCCCC3)cc21. The van der Waals surface area contributed by atoms with Crippen molar-refractivity contribution in [3.63, 3.8) is 0 Å². The summed E-state index contributed by atoms with van der Waals surface area (Å²) in [5, 5.41) is 22.0. The summed E-state index contributed by atoms with van der Waals surface area (Å²) >= 11 is 0. The number of hydrogen-bond donors (Lipinski definition) is 2. The van der Waals surface area contributed by atoms with E-state index in [1.54, 1.807) is 0 Å². The van der Waals surface area contributed by atoms with E-state index < -0.39 is 11.2 Å². The lowest BCUT2D eigenvalue weighted by atomic mass is 9.76. The number of hydrogen-bond acceptors (Lipinski definition) is 4. The van der Waals surface area contributed by atoms with Crippen LogP contribution in [-0.2, 0) is 5.41 Å². The Morgan fingerprint density at radius 2 is 1.00 bits per heavy atom. The summed E-state index contributed by atoms with van der Waals surface area (Å²) in [5.74, 6) is -0.348. The smallest absolute Gasteiger partial charge is 0.194 e. The monoisotopic (exact) mass is 446 g/mol. The summed E-state index contributed by atoms with van der Waals surface area (Å²) in [7, 11) is 0. The second-order valence-corrected chi connectivity index (χ2v) is 11.0. The third-order valence-electron chi connectivity index (χ3n) is 8.41. The van der Waals surface area contributed by atoms with Gasteiger partial charge in [-0.15, -0.1) is 0 Å². The van der Waals surface area contributed by atoms with Crippen LogP contribution in [0.2, 0.25) is 0 Å². The van der Waals surface area contributed by atoms with Gasteiger partial charge in [0.05, 0.1) is 0 Å². The maximum atomic E-state index is 13.2. The molecular weight excluding hydrogens is 412 g/mol. The Balaban J connectivity index is 1.50. The van der Waals surface area contributed by atoms with E-state index in [1.807, 2.05) is 36.4 Å². The van der Waals surface area contributed by atoms with Crippen molar-refractivity contribution in [2.75, 3.05) is 0 Å². The number of carbonyl (C=O) groups excluding carboxylic acids is 2. The first-order chi connectivity index (χ1) is 15.7. The fourth-order valence-electron chi connectivity index (χ4n) is 6.28. The summed E-state index contributed by atoms with van der Waals surface area (Å²) in [4.78, 5) is 26.5. The third kappa shape index (κ3) is 3.59. The Kier molecular flexibility index (Phi) is 5.37. The predicted molar refractivity (Wildman–Crippen MR) is 129 cm³/mol. The number of rotatable bonds is 4. The number of fused-ring (bicyclic) bond motifs is 3. The van der Waals surface area contributed by atoms with Crippen molar-refractivity contribution in [1.82, 2.24) is 0 Å². The van der Waals surface area contributed by atoms with Gasteiger partial charge in [0.15, 0.2) is 11.6 Å². The number of benzene rings is 2. The fraction of sp³-hybridized carbons (Fsp3) is 0.517. The van der Waals surface area contributed by atoms with Crippen LogP contribution in [0.15, 0.2) is 36.4 Å². The average molecular weight is 447 g/mol. The molecule has 0 bridgehead atoms. The third-order valence-corrected chi connectivity index (χ3v) is 8.41. The average Bonchev–Trinajstić information content (AvgIpc) is 3.05. The Hall–Kier alpha value is -2.30. The second kappa shape index (κ2) is 7.89. The molecule has 3 aliphatic carbocycles. The zero-order valence-electron chi connectivity index (χ0n) is 19.7. The maximum Gasteiger partial charge on any atom is 0.194 e. The van der Waals surface area contributed by atoms with Crippen LogP contribution in [0.3, 0.4) is 0 Å². The highest BCUT2D eigenvalue weighted by molar-refractivity contribution is 6.05. The van der Waals surface area contributed by atoms with Crippen LogP contribution in [0.25, 0.3) is 11.1 Å².